The molecule has 0 rings (SSSR count). The van der Waals surface area contributed by atoms with Crippen LogP contribution >= 0.6 is 0 Å². The Kier molecular flexibility index (Phi) is 5.93. The second-order valence-electron chi connectivity index (χ2n) is 2.89. The third-order valence-electron chi connectivity index (χ3n) is 1.85. The highest BCUT2D eigenvalue weighted by molar-refractivity contribution is 5.72. The van der Waals surface area contributed by atoms with E-state index in [1.807, 2.05) is 0 Å². The van der Waals surface area contributed by atoms with Crippen molar-refractivity contribution < 1.29 is 19.1 Å². The lowest BCUT2D eigenvalue weighted by Gasteiger charge is -2.07. The molecular formula is C9H16O4. The van der Waals surface area contributed by atoms with E-state index in [9.17, 15) is 9.59 Å². The monoisotopic (exact) mass is 188 g/mol. The van der Waals surface area contributed by atoms with E-state index in [1.54, 1.807) is 6.92 Å². The molecule has 0 heterocycles. The minimum Gasteiger partial charge on any atom is -0.469 e. The SMILES string of the molecule is COC(=O)CCC[C@H](C)C(=O)OC. The molecule has 0 aromatic heterocycles. The second kappa shape index (κ2) is 6.46. The van der Waals surface area contributed by atoms with Gasteiger partial charge in [0, 0.05) is 6.42 Å². The van der Waals surface area contributed by atoms with Gasteiger partial charge in [-0.15, -0.1) is 0 Å². The molecule has 0 saturated carbocycles. The first-order valence-corrected chi connectivity index (χ1v) is 4.26. The third-order valence-corrected chi connectivity index (χ3v) is 1.85. The summed E-state index contributed by atoms with van der Waals surface area (Å²) in [6.07, 6.45) is 1.67. The predicted molar refractivity (Wildman–Crippen MR) is 47.0 cm³/mol. The topological polar surface area (TPSA) is 52.6 Å². The highest BCUT2D eigenvalue weighted by atomic mass is 16.5. The summed E-state index contributed by atoms with van der Waals surface area (Å²) in [5.41, 5.74) is 0. The Balaban J connectivity index is 3.53. The van der Waals surface area contributed by atoms with Crippen LogP contribution in [-0.2, 0) is 19.1 Å². The first-order chi connectivity index (χ1) is 6.11. The molecule has 4 heteroatoms. The maximum Gasteiger partial charge on any atom is 0.308 e. The fourth-order valence-electron chi connectivity index (χ4n) is 0.974. The molecule has 0 radical (unpaired) electrons. The van der Waals surface area contributed by atoms with Gasteiger partial charge in [0.05, 0.1) is 20.1 Å². The van der Waals surface area contributed by atoms with Crippen molar-refractivity contribution in [3.8, 4) is 0 Å². The third kappa shape index (κ3) is 5.22. The van der Waals surface area contributed by atoms with Crippen molar-refractivity contribution in [3.05, 3.63) is 0 Å². The van der Waals surface area contributed by atoms with E-state index >= 15 is 0 Å². The van der Waals surface area contributed by atoms with Crippen molar-refractivity contribution >= 4 is 11.9 Å². The van der Waals surface area contributed by atoms with Gasteiger partial charge >= 0.3 is 11.9 Å². The standard InChI is InChI=1S/C9H16O4/c1-7(9(11)13-3)5-4-6-8(10)12-2/h7H,4-6H2,1-3H3/t7-/m0/s1. The van der Waals surface area contributed by atoms with Gasteiger partial charge in [0.25, 0.3) is 0 Å². The van der Waals surface area contributed by atoms with Crippen LogP contribution in [0.25, 0.3) is 0 Å². The van der Waals surface area contributed by atoms with Crippen LogP contribution in [-0.4, -0.2) is 26.2 Å². The number of rotatable bonds is 5. The Labute approximate surface area is 78.2 Å². The van der Waals surface area contributed by atoms with Crippen LogP contribution in [0.4, 0.5) is 0 Å². The molecule has 0 spiro atoms. The summed E-state index contributed by atoms with van der Waals surface area (Å²) >= 11 is 0. The zero-order valence-electron chi connectivity index (χ0n) is 8.33. The summed E-state index contributed by atoms with van der Waals surface area (Å²) in [5.74, 6) is -0.614. The summed E-state index contributed by atoms with van der Waals surface area (Å²) in [5, 5.41) is 0. The molecule has 13 heavy (non-hydrogen) atoms. The number of hydrogen-bond acceptors (Lipinski definition) is 4. The Hall–Kier alpha value is -1.06. The van der Waals surface area contributed by atoms with E-state index in [4.69, 9.17) is 0 Å². The quantitative estimate of drug-likeness (QED) is 0.607. The van der Waals surface area contributed by atoms with Crippen LogP contribution in [0.3, 0.4) is 0 Å². The number of ether oxygens (including phenoxy) is 2. The highest BCUT2D eigenvalue weighted by Gasteiger charge is 2.13. The molecule has 0 bridgehead atoms. The molecule has 0 unspecified atom stereocenters. The van der Waals surface area contributed by atoms with Crippen LogP contribution in [0, 0.1) is 5.92 Å². The first kappa shape index (κ1) is 11.9. The molecule has 0 aliphatic carbocycles. The maximum atomic E-state index is 10.9. The lowest BCUT2D eigenvalue weighted by atomic mass is 10.0. The van der Waals surface area contributed by atoms with Crippen molar-refractivity contribution in [2.45, 2.75) is 26.2 Å². The van der Waals surface area contributed by atoms with Crippen LogP contribution in [0.1, 0.15) is 26.2 Å². The number of carbonyl (C=O) groups excluding carboxylic acids is 2. The second-order valence-corrected chi connectivity index (χ2v) is 2.89. The van der Waals surface area contributed by atoms with Gasteiger partial charge in [0.2, 0.25) is 0 Å². The molecule has 0 N–H and O–H groups in total. The van der Waals surface area contributed by atoms with Gasteiger partial charge in [-0.25, -0.2) is 0 Å². The van der Waals surface area contributed by atoms with Gasteiger partial charge in [-0.05, 0) is 12.8 Å². The Morgan fingerprint density at radius 2 is 1.85 bits per heavy atom. The van der Waals surface area contributed by atoms with Crippen LogP contribution < -0.4 is 0 Å². The molecule has 1 atom stereocenters. The maximum absolute atomic E-state index is 10.9. The molecule has 0 aromatic carbocycles. The lowest BCUT2D eigenvalue weighted by molar-refractivity contribution is -0.146. The van der Waals surface area contributed by atoms with E-state index < -0.39 is 0 Å². The van der Waals surface area contributed by atoms with E-state index in [-0.39, 0.29) is 17.9 Å². The van der Waals surface area contributed by atoms with Crippen LogP contribution in [0.2, 0.25) is 0 Å². The number of carbonyl (C=O) groups is 2. The van der Waals surface area contributed by atoms with Crippen molar-refractivity contribution in [2.75, 3.05) is 14.2 Å². The lowest BCUT2D eigenvalue weighted by Crippen LogP contribution is -2.13. The van der Waals surface area contributed by atoms with E-state index in [0.29, 0.717) is 19.3 Å². The fourth-order valence-corrected chi connectivity index (χ4v) is 0.974. The predicted octanol–water partition coefficient (Wildman–Crippen LogP) is 1.14. The van der Waals surface area contributed by atoms with Gasteiger partial charge in [0.15, 0.2) is 0 Å². The van der Waals surface area contributed by atoms with Crippen molar-refractivity contribution in [1.82, 2.24) is 0 Å². The highest BCUT2D eigenvalue weighted by Crippen LogP contribution is 2.09. The van der Waals surface area contributed by atoms with Crippen molar-refractivity contribution in [1.29, 1.82) is 0 Å². The Morgan fingerprint density at radius 3 is 2.31 bits per heavy atom. The van der Waals surface area contributed by atoms with Crippen molar-refractivity contribution in [2.24, 2.45) is 5.92 Å². The van der Waals surface area contributed by atoms with Gasteiger partial charge in [-0.1, -0.05) is 6.92 Å². The van der Waals surface area contributed by atoms with Crippen molar-refractivity contribution in [3.63, 3.8) is 0 Å². The molecule has 0 aromatic rings. The zero-order chi connectivity index (χ0) is 10.3. The zero-order valence-corrected chi connectivity index (χ0v) is 8.33. The molecule has 4 nitrogen and oxygen atoms in total. The molecule has 0 aliphatic heterocycles. The average molecular weight is 188 g/mol. The summed E-state index contributed by atoms with van der Waals surface area (Å²) in [7, 11) is 2.71. The summed E-state index contributed by atoms with van der Waals surface area (Å²) in [4.78, 5) is 21.6. The summed E-state index contributed by atoms with van der Waals surface area (Å²) < 4.78 is 9.00. The van der Waals surface area contributed by atoms with Crippen LogP contribution in [0.15, 0.2) is 0 Å². The van der Waals surface area contributed by atoms with Crippen LogP contribution in [0.5, 0.6) is 0 Å². The van der Waals surface area contributed by atoms with E-state index in [0.717, 1.165) is 0 Å². The summed E-state index contributed by atoms with van der Waals surface area (Å²) in [6.45, 7) is 1.78. The largest absolute Gasteiger partial charge is 0.469 e. The van der Waals surface area contributed by atoms with E-state index in [1.165, 1.54) is 14.2 Å². The molecule has 0 amide bonds. The number of hydrogen-bond donors (Lipinski definition) is 0. The normalized spacial score (nSPS) is 11.9. The smallest absolute Gasteiger partial charge is 0.308 e. The fraction of sp³-hybridized carbons (Fsp3) is 0.778. The number of esters is 2. The molecule has 76 valence electrons. The van der Waals surface area contributed by atoms with Gasteiger partial charge in [0.1, 0.15) is 0 Å². The average Bonchev–Trinajstić information content (AvgIpc) is 2.15. The van der Waals surface area contributed by atoms with Gasteiger partial charge in [-0.3, -0.25) is 9.59 Å². The molecule has 0 aliphatic rings. The van der Waals surface area contributed by atoms with Gasteiger partial charge < -0.3 is 9.47 Å². The minimum atomic E-state index is -0.239. The molecule has 0 fully saturated rings. The van der Waals surface area contributed by atoms with E-state index in [2.05, 4.69) is 9.47 Å². The summed E-state index contributed by atoms with van der Waals surface area (Å²) in [6, 6.07) is 0. The number of methoxy groups -OCH3 is 2. The Morgan fingerprint density at radius 1 is 1.23 bits per heavy atom. The molecular weight excluding hydrogens is 172 g/mol. The first-order valence-electron chi connectivity index (χ1n) is 4.26. The van der Waals surface area contributed by atoms with Gasteiger partial charge in [-0.2, -0.15) is 0 Å². The minimum absolute atomic E-state index is 0.144. The Bertz CT molecular complexity index is 176. The molecule has 0 saturated heterocycles.